The predicted molar refractivity (Wildman–Crippen MR) is 146 cm³/mol. The van der Waals surface area contributed by atoms with Crippen LogP contribution < -0.4 is 9.64 Å². The van der Waals surface area contributed by atoms with Gasteiger partial charge >= 0.3 is 6.01 Å². The lowest BCUT2D eigenvalue weighted by Gasteiger charge is -2.30. The van der Waals surface area contributed by atoms with E-state index < -0.39 is 17.4 Å². The summed E-state index contributed by atoms with van der Waals surface area (Å²) in [5.41, 5.74) is 0.300. The molecule has 0 radical (unpaired) electrons. The van der Waals surface area contributed by atoms with E-state index in [-0.39, 0.29) is 33.7 Å². The quantitative estimate of drug-likeness (QED) is 0.349. The smallest absolute Gasteiger partial charge is 0.319 e. The van der Waals surface area contributed by atoms with Crippen LogP contribution in [0.2, 0.25) is 5.02 Å². The van der Waals surface area contributed by atoms with Crippen molar-refractivity contribution < 1.29 is 18.6 Å². The Bertz CT molecular complexity index is 1570. The molecule has 0 aliphatic carbocycles. The number of anilines is 1. The normalized spacial score (nSPS) is 17.5. The number of likely N-dealkylation sites (N-methyl/N-ethyl adjacent to an activating group) is 1. The number of phenols is 1. The van der Waals surface area contributed by atoms with Crippen molar-refractivity contribution in [1.29, 1.82) is 0 Å². The molecule has 2 aromatic carbocycles. The molecule has 0 bridgehead atoms. The van der Waals surface area contributed by atoms with E-state index in [9.17, 15) is 9.50 Å². The molecule has 8 nitrogen and oxygen atoms in total. The molecule has 202 valence electrons. The molecule has 1 atom stereocenters. The van der Waals surface area contributed by atoms with Crippen LogP contribution in [0.3, 0.4) is 0 Å². The third kappa shape index (κ3) is 4.47. The van der Waals surface area contributed by atoms with Gasteiger partial charge in [-0.2, -0.15) is 9.97 Å². The van der Waals surface area contributed by atoms with E-state index in [1.165, 1.54) is 18.2 Å². The van der Waals surface area contributed by atoms with Crippen LogP contribution in [0.4, 0.5) is 14.6 Å². The zero-order valence-corrected chi connectivity index (χ0v) is 22.1. The molecule has 2 aromatic heterocycles. The van der Waals surface area contributed by atoms with Gasteiger partial charge in [0.25, 0.3) is 0 Å². The van der Waals surface area contributed by atoms with Crippen molar-refractivity contribution in [2.45, 2.75) is 32.0 Å². The number of ether oxygens (including phenoxy) is 1. The molecule has 39 heavy (non-hydrogen) atoms. The van der Waals surface area contributed by atoms with E-state index in [0.29, 0.717) is 37.4 Å². The second kappa shape index (κ2) is 10.1. The van der Waals surface area contributed by atoms with Crippen LogP contribution in [-0.2, 0) is 13.1 Å². The summed E-state index contributed by atoms with van der Waals surface area (Å²) in [6.45, 7) is 6.82. The molecular weight excluding hydrogens is 526 g/mol. The predicted octanol–water partition coefficient (Wildman–Crippen LogP) is 5.27. The summed E-state index contributed by atoms with van der Waals surface area (Å²) in [4.78, 5) is 17.7. The van der Waals surface area contributed by atoms with Crippen molar-refractivity contribution in [1.82, 2.24) is 24.4 Å². The summed E-state index contributed by atoms with van der Waals surface area (Å²) in [6, 6.07) is 5.51. The maximum Gasteiger partial charge on any atom is 0.319 e. The number of imidazole rings is 1. The Morgan fingerprint density at radius 3 is 2.79 bits per heavy atom. The Morgan fingerprint density at radius 2 is 2.05 bits per heavy atom. The maximum absolute atomic E-state index is 16.2. The molecule has 0 saturated carbocycles. The van der Waals surface area contributed by atoms with Gasteiger partial charge in [-0.25, -0.2) is 13.8 Å². The first kappa shape index (κ1) is 25.5. The molecule has 0 amide bonds. The Balaban J connectivity index is 1.48. The zero-order chi connectivity index (χ0) is 27.3. The van der Waals surface area contributed by atoms with E-state index in [4.69, 9.17) is 21.3 Å². The highest BCUT2D eigenvalue weighted by Crippen LogP contribution is 2.43. The number of hydrogen-bond acceptors (Lipinski definition) is 7. The standard InChI is InChI=1S/C28H27ClF2N6O2/c1-3-22-32-13-17-14-36(10-11-37(17)22)27-18-12-19(29)23(24-20(30)7-4-8-21(24)38)25(31)26(18)33-28(34-27)39-15-16-6-5-9-35(16)2/h3-4,7-8,12-13,16,38H,1,5-6,9-11,14-15H2,2H3. The summed E-state index contributed by atoms with van der Waals surface area (Å²) in [7, 11) is 2.04. The Kier molecular flexibility index (Phi) is 6.60. The molecule has 4 aromatic rings. The van der Waals surface area contributed by atoms with Gasteiger partial charge in [-0.15, -0.1) is 0 Å². The van der Waals surface area contributed by atoms with Crippen LogP contribution in [0.1, 0.15) is 24.4 Å². The van der Waals surface area contributed by atoms with Crippen LogP contribution in [0.25, 0.3) is 28.1 Å². The molecular formula is C28H27ClF2N6O2. The summed E-state index contributed by atoms with van der Waals surface area (Å²) in [6.07, 6.45) is 5.55. The minimum Gasteiger partial charge on any atom is -0.507 e. The lowest BCUT2D eigenvalue weighted by atomic mass is 10.0. The van der Waals surface area contributed by atoms with Gasteiger partial charge in [0.15, 0.2) is 5.82 Å². The van der Waals surface area contributed by atoms with Crippen LogP contribution >= 0.6 is 11.6 Å². The van der Waals surface area contributed by atoms with Gasteiger partial charge in [0.2, 0.25) is 0 Å². The fourth-order valence-corrected chi connectivity index (χ4v) is 5.75. The number of halogens is 3. The summed E-state index contributed by atoms with van der Waals surface area (Å²) >= 11 is 6.55. The first-order chi connectivity index (χ1) is 18.9. The molecule has 0 spiro atoms. The van der Waals surface area contributed by atoms with Gasteiger partial charge in [0.1, 0.15) is 35.3 Å². The monoisotopic (exact) mass is 552 g/mol. The molecule has 6 rings (SSSR count). The fourth-order valence-electron chi connectivity index (χ4n) is 5.47. The van der Waals surface area contributed by atoms with Gasteiger partial charge in [-0.1, -0.05) is 24.2 Å². The van der Waals surface area contributed by atoms with E-state index in [2.05, 4.69) is 26.0 Å². The van der Waals surface area contributed by atoms with E-state index in [1.807, 2.05) is 11.9 Å². The van der Waals surface area contributed by atoms with E-state index >= 15 is 4.39 Å². The molecule has 2 aliphatic heterocycles. The third-order valence-electron chi connectivity index (χ3n) is 7.56. The van der Waals surface area contributed by atoms with Crippen molar-refractivity contribution in [3.8, 4) is 22.9 Å². The molecule has 2 aliphatic rings. The van der Waals surface area contributed by atoms with Crippen LogP contribution in [0, 0.1) is 11.6 Å². The number of aromatic hydroxyl groups is 1. The van der Waals surface area contributed by atoms with Gasteiger partial charge in [0, 0.05) is 30.1 Å². The number of likely N-dealkylation sites (tertiary alicyclic amines) is 1. The Hall–Kier alpha value is -3.76. The number of hydrogen-bond donors (Lipinski definition) is 1. The molecule has 4 heterocycles. The summed E-state index contributed by atoms with van der Waals surface area (Å²) < 4.78 is 39.1. The minimum atomic E-state index is -0.861. The molecule has 1 saturated heterocycles. The highest BCUT2D eigenvalue weighted by Gasteiger charge is 2.28. The van der Waals surface area contributed by atoms with Crippen LogP contribution in [-0.4, -0.2) is 62.3 Å². The van der Waals surface area contributed by atoms with Crippen molar-refractivity contribution in [2.75, 3.05) is 31.6 Å². The fraction of sp³-hybridized carbons (Fsp3) is 0.321. The van der Waals surface area contributed by atoms with Crippen molar-refractivity contribution in [3.05, 3.63) is 65.2 Å². The van der Waals surface area contributed by atoms with Gasteiger partial charge < -0.3 is 24.2 Å². The first-order valence-corrected chi connectivity index (χ1v) is 13.2. The highest BCUT2D eigenvalue weighted by molar-refractivity contribution is 6.34. The molecule has 1 unspecified atom stereocenters. The van der Waals surface area contributed by atoms with Crippen molar-refractivity contribution in [3.63, 3.8) is 0 Å². The lowest BCUT2D eigenvalue weighted by molar-refractivity contribution is 0.188. The minimum absolute atomic E-state index is 0.0218. The maximum atomic E-state index is 16.2. The number of rotatable bonds is 6. The second-order valence-corrected chi connectivity index (χ2v) is 10.3. The topological polar surface area (TPSA) is 79.5 Å². The van der Waals surface area contributed by atoms with Gasteiger partial charge in [0.05, 0.1) is 29.0 Å². The number of nitrogens with zero attached hydrogens (tertiary/aromatic N) is 6. The van der Waals surface area contributed by atoms with E-state index in [1.54, 1.807) is 12.3 Å². The Labute approximate surface area is 229 Å². The average molecular weight is 553 g/mol. The van der Waals surface area contributed by atoms with Crippen LogP contribution in [0.5, 0.6) is 11.8 Å². The lowest BCUT2D eigenvalue weighted by Crippen LogP contribution is -2.35. The number of fused-ring (bicyclic) bond motifs is 2. The van der Waals surface area contributed by atoms with Gasteiger partial charge in [-0.05, 0) is 50.7 Å². The Morgan fingerprint density at radius 1 is 1.21 bits per heavy atom. The highest BCUT2D eigenvalue weighted by atomic mass is 35.5. The summed E-state index contributed by atoms with van der Waals surface area (Å²) in [5, 5.41) is 10.7. The van der Waals surface area contributed by atoms with Crippen molar-refractivity contribution in [2.24, 2.45) is 0 Å². The molecule has 11 heteroatoms. The number of benzene rings is 2. The second-order valence-electron chi connectivity index (χ2n) is 9.88. The molecule has 1 N–H and O–H groups in total. The zero-order valence-electron chi connectivity index (χ0n) is 21.4. The first-order valence-electron chi connectivity index (χ1n) is 12.8. The average Bonchev–Trinajstić information content (AvgIpc) is 3.53. The largest absolute Gasteiger partial charge is 0.507 e. The SMILES string of the molecule is C=Cc1ncc2n1CCN(c1nc(OCC3CCCN3C)nc3c(F)c(-c4c(O)cccc4F)c(Cl)cc13)C2. The van der Waals surface area contributed by atoms with E-state index in [0.717, 1.165) is 37.0 Å². The number of phenolic OH excluding ortho intramolecular Hbond substituents is 1. The number of aromatic nitrogens is 4. The third-order valence-corrected chi connectivity index (χ3v) is 7.86. The van der Waals surface area contributed by atoms with Crippen molar-refractivity contribution >= 4 is 34.4 Å². The van der Waals surface area contributed by atoms with Gasteiger partial charge in [-0.3, -0.25) is 0 Å². The van der Waals surface area contributed by atoms with Crippen LogP contribution in [0.15, 0.2) is 37.0 Å². The molecule has 1 fully saturated rings. The summed E-state index contributed by atoms with van der Waals surface area (Å²) in [5.74, 6) is -0.849.